The Morgan fingerprint density at radius 1 is 0.688 bits per heavy atom. The molecule has 5 aliphatic heterocycles. The van der Waals surface area contributed by atoms with Crippen LogP contribution in [-0.2, 0) is 18.9 Å². The van der Waals surface area contributed by atoms with Crippen molar-refractivity contribution in [1.29, 1.82) is 0 Å². The van der Waals surface area contributed by atoms with Crippen molar-refractivity contribution in [3.63, 3.8) is 0 Å². The van der Waals surface area contributed by atoms with E-state index in [4.69, 9.17) is 24.1 Å². The molecule has 1 aromatic rings. The Morgan fingerprint density at radius 2 is 1.11 bits per heavy atom. The van der Waals surface area contributed by atoms with E-state index in [0.29, 0.717) is 47.0 Å². The second-order valence-electron chi connectivity index (χ2n) is 20.0. The van der Waals surface area contributed by atoms with Crippen LogP contribution in [0.3, 0.4) is 0 Å². The third-order valence-electron chi connectivity index (χ3n) is 14.3. The van der Waals surface area contributed by atoms with Gasteiger partial charge in [0.25, 0.3) is 0 Å². The number of amides is 2. The van der Waals surface area contributed by atoms with Gasteiger partial charge in [-0.3, -0.25) is 0 Å². The van der Waals surface area contributed by atoms with Gasteiger partial charge in [0, 0.05) is 43.4 Å². The van der Waals surface area contributed by atoms with Crippen LogP contribution in [0.5, 0.6) is 0 Å². The van der Waals surface area contributed by atoms with Crippen LogP contribution in [0.2, 0.25) is 0 Å². The van der Waals surface area contributed by atoms with Crippen LogP contribution in [-0.4, -0.2) is 81.9 Å². The predicted molar refractivity (Wildman–Crippen MR) is 251 cm³/mol. The van der Waals surface area contributed by atoms with E-state index < -0.39 is 11.8 Å². The zero-order valence-electron chi connectivity index (χ0n) is 41.6. The van der Waals surface area contributed by atoms with Crippen molar-refractivity contribution in [2.24, 2.45) is 23.7 Å². The Bertz CT molecular complexity index is 1500. The molecule has 358 valence electrons. The summed E-state index contributed by atoms with van der Waals surface area (Å²) in [4.78, 5) is 21.8. The largest absolute Gasteiger partial charge is 1.00 e. The van der Waals surface area contributed by atoms with Crippen LogP contribution in [0.1, 0.15) is 205 Å². The molecule has 0 aliphatic carbocycles. The van der Waals surface area contributed by atoms with Crippen LogP contribution >= 0.6 is 0 Å². The molecule has 5 heterocycles. The fourth-order valence-corrected chi connectivity index (χ4v) is 9.85. The molecule has 0 aromatic heterocycles. The van der Waals surface area contributed by atoms with E-state index >= 15 is 0 Å². The quantitative estimate of drug-likeness (QED) is 0.0841. The summed E-state index contributed by atoms with van der Waals surface area (Å²) in [5.41, 5.74) is 2.95. The number of rotatable bonds is 16. The summed E-state index contributed by atoms with van der Waals surface area (Å²) in [6, 6.07) is 6.63. The molecule has 12 atom stereocenters. The van der Waals surface area contributed by atoms with Crippen molar-refractivity contribution in [1.82, 2.24) is 0 Å². The third kappa shape index (κ3) is 18.3. The number of allylic oxidation sites excluding steroid dienone is 2. The fourth-order valence-electron chi connectivity index (χ4n) is 9.85. The Hall–Kier alpha value is -0.804. The van der Waals surface area contributed by atoms with Gasteiger partial charge in [0.1, 0.15) is 0 Å². The second-order valence-corrected chi connectivity index (χ2v) is 20.0. The molecule has 6 rings (SSSR count). The van der Waals surface area contributed by atoms with E-state index in [1.807, 2.05) is 27.7 Å². The number of benzene rings is 1. The SMILES string of the molecule is C/C(=C\[C@@H](C)CC[C@@H]1CCC[C@]2(CCC(C)[C@@H](CCCO)O2)O1)[C@H](C)O.CCCC[C@H]1O[C@@]2(CCC[C@@H](CC[C@H](C)/C=C(\C)[C@H](C)O)O2)CCC1C.O=C1[N-]C(=O)c2ccccc21.[K+]. The van der Waals surface area contributed by atoms with E-state index in [1.54, 1.807) is 24.3 Å². The molecule has 4 fully saturated rings. The molecule has 0 radical (unpaired) electrons. The molecular formula is C53H86KNO9. The van der Waals surface area contributed by atoms with Crippen molar-refractivity contribution in [3.05, 3.63) is 64.0 Å². The zero-order chi connectivity index (χ0) is 46.2. The van der Waals surface area contributed by atoms with Gasteiger partial charge in [0.05, 0.1) is 48.4 Å². The summed E-state index contributed by atoms with van der Waals surface area (Å²) in [7, 11) is 0. The van der Waals surface area contributed by atoms with E-state index in [0.717, 1.165) is 94.6 Å². The van der Waals surface area contributed by atoms with Gasteiger partial charge in [-0.2, -0.15) is 0 Å². The molecule has 0 bridgehead atoms. The number of unbranched alkanes of at least 4 members (excludes halogenated alkanes) is 1. The van der Waals surface area contributed by atoms with Gasteiger partial charge in [-0.25, -0.2) is 0 Å². The summed E-state index contributed by atoms with van der Waals surface area (Å²) in [5, 5.41) is 31.7. The maximum atomic E-state index is 10.9. The summed E-state index contributed by atoms with van der Waals surface area (Å²) < 4.78 is 26.2. The van der Waals surface area contributed by atoms with Crippen molar-refractivity contribution in [2.75, 3.05) is 6.61 Å². The minimum Gasteiger partial charge on any atom is -0.587 e. The number of nitrogens with zero attached hydrogens (tertiary/aromatic N) is 1. The van der Waals surface area contributed by atoms with Crippen LogP contribution in [0.25, 0.3) is 5.32 Å². The van der Waals surface area contributed by atoms with Gasteiger partial charge >= 0.3 is 51.4 Å². The first-order valence-corrected chi connectivity index (χ1v) is 24.9. The van der Waals surface area contributed by atoms with E-state index in [1.165, 1.54) is 38.5 Å². The monoisotopic (exact) mass is 920 g/mol. The minimum absolute atomic E-state index is 0. The van der Waals surface area contributed by atoms with Gasteiger partial charge in [-0.15, -0.1) is 0 Å². The molecule has 2 unspecified atom stereocenters. The van der Waals surface area contributed by atoms with Gasteiger partial charge < -0.3 is 49.2 Å². The average Bonchev–Trinajstić information content (AvgIpc) is 3.55. The smallest absolute Gasteiger partial charge is 0.587 e. The average molecular weight is 920 g/mol. The predicted octanol–water partition coefficient (Wildman–Crippen LogP) is 8.94. The van der Waals surface area contributed by atoms with E-state index in [2.05, 4.69) is 52.1 Å². The number of ether oxygens (including phenoxy) is 4. The Labute approximate surface area is 430 Å². The number of carbonyl (C=O) groups excluding carboxylic acids is 2. The van der Waals surface area contributed by atoms with Crippen LogP contribution < -0.4 is 51.4 Å². The molecule has 11 heteroatoms. The summed E-state index contributed by atoms with van der Waals surface area (Å²) in [6.45, 7) is 19.2. The first-order valence-electron chi connectivity index (χ1n) is 24.9. The van der Waals surface area contributed by atoms with Gasteiger partial charge in [0.2, 0.25) is 0 Å². The molecule has 2 spiro atoms. The van der Waals surface area contributed by atoms with Crippen molar-refractivity contribution in [3.8, 4) is 0 Å². The van der Waals surface area contributed by atoms with E-state index in [9.17, 15) is 19.8 Å². The summed E-state index contributed by atoms with van der Waals surface area (Å²) in [5.74, 6) is 0.601. The maximum absolute atomic E-state index is 10.9. The van der Waals surface area contributed by atoms with Crippen molar-refractivity contribution in [2.45, 2.75) is 233 Å². The molecule has 1 aromatic carbocycles. The number of fused-ring (bicyclic) bond motifs is 1. The standard InChI is InChI=1S/C23H42O3.C22H40O4.C8H5NO2.K/c1-6-7-10-22-18(3)13-15-23(26-22)14-8-9-21(25-23)12-11-17(2)16-19(4)20(5)24;1-16(15-18(3)19(4)24)9-10-20-7-5-12-22(25-20)13-11-17(2)21(26-22)8-6-14-23;10-7-5-3-1-2-4-6(5)8(11)9-7;/h16-18,20-22,24H,6-15H2,1-5H3;15-17,19-21,23-24H,5-14H2,1-4H3;1-4H,(H,9,10,11);/q;;;+1/p-1/b19-16+;18-15+;;/t17-,18?,20-,21-,22+,23-;16-,17?,19-,20-,21+,22-;;/m00../s1. The first kappa shape index (κ1) is 57.5. The van der Waals surface area contributed by atoms with Gasteiger partial charge in [-0.05, 0) is 146 Å². The maximum Gasteiger partial charge on any atom is 1.00 e. The topological polar surface area (TPSA) is 146 Å². The molecule has 2 amide bonds. The molecule has 4 saturated heterocycles. The number of hydrogen-bond acceptors (Lipinski definition) is 9. The van der Waals surface area contributed by atoms with E-state index in [-0.39, 0.29) is 94.0 Å². The Morgan fingerprint density at radius 3 is 1.50 bits per heavy atom. The number of carbonyl (C=O) groups is 2. The molecule has 10 nitrogen and oxygen atoms in total. The third-order valence-corrected chi connectivity index (χ3v) is 14.3. The van der Waals surface area contributed by atoms with Gasteiger partial charge in [0.15, 0.2) is 11.6 Å². The Balaban J connectivity index is 0.000000272. The molecule has 64 heavy (non-hydrogen) atoms. The normalized spacial score (nSPS) is 31.3. The summed E-state index contributed by atoms with van der Waals surface area (Å²) >= 11 is 0. The van der Waals surface area contributed by atoms with Crippen LogP contribution in [0, 0.1) is 23.7 Å². The number of hydrogen-bond donors (Lipinski definition) is 3. The Kier molecular flexibility index (Phi) is 25.7. The molecule has 0 saturated carbocycles. The van der Waals surface area contributed by atoms with Crippen molar-refractivity contribution >= 4 is 11.8 Å². The zero-order valence-corrected chi connectivity index (χ0v) is 44.7. The first-order chi connectivity index (χ1) is 30.0. The van der Waals surface area contributed by atoms with Crippen LogP contribution in [0.4, 0.5) is 0 Å². The minimum atomic E-state index is -0.425. The number of aliphatic hydroxyl groups excluding tert-OH is 3. The molecular weight excluding hydrogens is 834 g/mol. The summed E-state index contributed by atoms with van der Waals surface area (Å²) in [6.07, 6.45) is 25.8. The van der Waals surface area contributed by atoms with Gasteiger partial charge in [-0.1, -0.05) is 83.9 Å². The van der Waals surface area contributed by atoms with Crippen molar-refractivity contribution < 1.29 is 95.2 Å². The molecule has 3 N–H and O–H groups in total. The number of imide groups is 1. The number of aliphatic hydroxyl groups is 3. The fraction of sp³-hybridized carbons (Fsp3) is 0.774. The van der Waals surface area contributed by atoms with Crippen LogP contribution in [0.15, 0.2) is 47.6 Å². The molecule has 5 aliphatic rings. The second kappa shape index (κ2) is 28.6.